The third kappa shape index (κ3) is 3.76. The lowest BCUT2D eigenvalue weighted by Crippen LogP contribution is -2.39. The number of hydrogen-bond donors (Lipinski definition) is 2. The van der Waals surface area contributed by atoms with E-state index in [0.717, 1.165) is 26.1 Å². The lowest BCUT2D eigenvalue weighted by molar-refractivity contribution is -0.129. The number of rotatable bonds is 8. The largest absolute Gasteiger partial charge is 0.396 e. The van der Waals surface area contributed by atoms with Crippen LogP contribution in [0.5, 0.6) is 0 Å². The van der Waals surface area contributed by atoms with Crippen molar-refractivity contribution in [2.24, 2.45) is 5.41 Å². The third-order valence-corrected chi connectivity index (χ3v) is 3.49. The van der Waals surface area contributed by atoms with E-state index < -0.39 is 0 Å². The first-order chi connectivity index (χ1) is 7.67. The fourth-order valence-corrected chi connectivity index (χ4v) is 2.05. The second kappa shape index (κ2) is 6.21. The van der Waals surface area contributed by atoms with Gasteiger partial charge in [-0.3, -0.25) is 4.79 Å². The fourth-order valence-electron chi connectivity index (χ4n) is 2.05. The van der Waals surface area contributed by atoms with Crippen molar-refractivity contribution in [3.63, 3.8) is 0 Å². The Morgan fingerprint density at radius 1 is 1.38 bits per heavy atom. The van der Waals surface area contributed by atoms with Crippen LogP contribution < -0.4 is 5.32 Å². The van der Waals surface area contributed by atoms with E-state index in [-0.39, 0.29) is 17.9 Å². The fraction of sp³-hybridized carbons (Fsp3) is 0.917. The highest BCUT2D eigenvalue weighted by atomic mass is 16.3. The zero-order valence-corrected chi connectivity index (χ0v) is 10.5. The molecular formula is C12H24N2O2. The Hall–Kier alpha value is -0.610. The zero-order valence-electron chi connectivity index (χ0n) is 10.5. The van der Waals surface area contributed by atoms with Crippen molar-refractivity contribution in [2.45, 2.75) is 33.1 Å². The molecule has 1 saturated carbocycles. The van der Waals surface area contributed by atoms with Crippen molar-refractivity contribution < 1.29 is 9.90 Å². The monoisotopic (exact) mass is 228 g/mol. The maximum absolute atomic E-state index is 11.7. The smallest absolute Gasteiger partial charge is 0.236 e. The van der Waals surface area contributed by atoms with Crippen LogP contribution >= 0.6 is 0 Å². The molecule has 0 aromatic heterocycles. The minimum Gasteiger partial charge on any atom is -0.396 e. The first-order valence-corrected chi connectivity index (χ1v) is 6.27. The first-order valence-electron chi connectivity index (χ1n) is 6.27. The molecule has 1 amide bonds. The van der Waals surface area contributed by atoms with Crippen LogP contribution in [0.15, 0.2) is 0 Å². The van der Waals surface area contributed by atoms with Crippen molar-refractivity contribution in [2.75, 3.05) is 32.8 Å². The Bertz CT molecular complexity index is 223. The van der Waals surface area contributed by atoms with Crippen molar-refractivity contribution in [1.29, 1.82) is 0 Å². The molecule has 0 bridgehead atoms. The molecule has 4 nitrogen and oxygen atoms in total. The second-order valence-corrected chi connectivity index (χ2v) is 4.64. The molecule has 94 valence electrons. The normalized spacial score (nSPS) is 17.2. The Morgan fingerprint density at radius 3 is 2.44 bits per heavy atom. The Morgan fingerprint density at radius 2 is 2.00 bits per heavy atom. The average Bonchev–Trinajstić information content (AvgIpc) is 3.00. The van der Waals surface area contributed by atoms with E-state index in [1.54, 1.807) is 0 Å². The van der Waals surface area contributed by atoms with Gasteiger partial charge in [0.05, 0.1) is 6.54 Å². The number of likely N-dealkylation sites (N-methyl/N-ethyl adjacent to an activating group) is 1. The lowest BCUT2D eigenvalue weighted by Gasteiger charge is -2.20. The topological polar surface area (TPSA) is 52.6 Å². The molecule has 0 radical (unpaired) electrons. The molecular weight excluding hydrogens is 204 g/mol. The zero-order chi connectivity index (χ0) is 12.0. The summed E-state index contributed by atoms with van der Waals surface area (Å²) in [6.45, 7) is 7.09. The van der Waals surface area contributed by atoms with Crippen molar-refractivity contribution >= 4 is 5.91 Å². The number of hydrogen-bond acceptors (Lipinski definition) is 3. The highest BCUT2D eigenvalue weighted by Gasteiger charge is 2.41. The highest BCUT2D eigenvalue weighted by Crippen LogP contribution is 2.47. The van der Waals surface area contributed by atoms with Gasteiger partial charge in [-0.05, 0) is 38.5 Å². The van der Waals surface area contributed by atoms with Gasteiger partial charge in [-0.15, -0.1) is 0 Å². The maximum atomic E-state index is 11.7. The SMILES string of the molecule is CCN(CC)C(=O)CNCC1(CCO)CC1. The number of carbonyl (C=O) groups excluding carboxylic acids is 1. The van der Waals surface area contributed by atoms with Gasteiger partial charge in [0.2, 0.25) is 5.91 Å². The molecule has 2 N–H and O–H groups in total. The van der Waals surface area contributed by atoms with Gasteiger partial charge in [0.15, 0.2) is 0 Å². The molecule has 0 atom stereocenters. The molecule has 1 fully saturated rings. The van der Waals surface area contributed by atoms with Crippen LogP contribution in [0.1, 0.15) is 33.1 Å². The minimum absolute atomic E-state index is 0.171. The van der Waals surface area contributed by atoms with Crippen LogP contribution in [0.25, 0.3) is 0 Å². The van der Waals surface area contributed by atoms with E-state index in [1.807, 2.05) is 18.7 Å². The number of aliphatic hydroxyl groups excluding tert-OH is 1. The molecule has 0 aromatic rings. The number of amides is 1. The van der Waals surface area contributed by atoms with Crippen molar-refractivity contribution in [3.05, 3.63) is 0 Å². The molecule has 0 aromatic carbocycles. The maximum Gasteiger partial charge on any atom is 0.236 e. The number of aliphatic hydroxyl groups is 1. The van der Waals surface area contributed by atoms with Crippen LogP contribution in [0.3, 0.4) is 0 Å². The molecule has 0 unspecified atom stereocenters. The third-order valence-electron chi connectivity index (χ3n) is 3.49. The highest BCUT2D eigenvalue weighted by molar-refractivity contribution is 5.78. The van der Waals surface area contributed by atoms with Crippen LogP contribution in [0.4, 0.5) is 0 Å². The minimum atomic E-state index is 0.171. The molecule has 0 spiro atoms. The van der Waals surface area contributed by atoms with Crippen molar-refractivity contribution in [3.8, 4) is 0 Å². The predicted octanol–water partition coefficient (Wildman–Crippen LogP) is 0.607. The Labute approximate surface area is 98.0 Å². The van der Waals surface area contributed by atoms with E-state index in [0.29, 0.717) is 6.54 Å². The Balaban J connectivity index is 2.17. The van der Waals surface area contributed by atoms with Gasteiger partial charge in [0, 0.05) is 26.2 Å². The first kappa shape index (κ1) is 13.5. The number of nitrogens with zero attached hydrogens (tertiary/aromatic N) is 1. The summed E-state index contributed by atoms with van der Waals surface area (Å²) in [5, 5.41) is 12.1. The van der Waals surface area contributed by atoms with Gasteiger partial charge >= 0.3 is 0 Å². The summed E-state index contributed by atoms with van der Waals surface area (Å²) in [5.41, 5.74) is 0.290. The molecule has 0 heterocycles. The number of nitrogens with one attached hydrogen (secondary N) is 1. The lowest BCUT2D eigenvalue weighted by atomic mass is 10.0. The molecule has 1 aliphatic rings. The summed E-state index contributed by atoms with van der Waals surface area (Å²) < 4.78 is 0. The summed E-state index contributed by atoms with van der Waals surface area (Å²) in [7, 11) is 0. The van der Waals surface area contributed by atoms with Crippen molar-refractivity contribution in [1.82, 2.24) is 10.2 Å². The van der Waals surface area contributed by atoms with Gasteiger partial charge in [-0.1, -0.05) is 0 Å². The number of carbonyl (C=O) groups is 1. The van der Waals surface area contributed by atoms with Crippen LogP contribution in [-0.2, 0) is 4.79 Å². The van der Waals surface area contributed by atoms with E-state index >= 15 is 0 Å². The van der Waals surface area contributed by atoms with Gasteiger partial charge in [-0.2, -0.15) is 0 Å². The molecule has 4 heteroatoms. The van der Waals surface area contributed by atoms with Crippen LogP contribution in [0.2, 0.25) is 0 Å². The van der Waals surface area contributed by atoms with E-state index in [4.69, 9.17) is 5.11 Å². The summed E-state index contributed by atoms with van der Waals surface area (Å²) >= 11 is 0. The van der Waals surface area contributed by atoms with Gasteiger partial charge in [0.1, 0.15) is 0 Å². The molecule has 1 rings (SSSR count). The second-order valence-electron chi connectivity index (χ2n) is 4.64. The summed E-state index contributed by atoms with van der Waals surface area (Å²) in [6.07, 6.45) is 3.22. The summed E-state index contributed by atoms with van der Waals surface area (Å²) in [6, 6.07) is 0. The van der Waals surface area contributed by atoms with E-state index in [1.165, 1.54) is 12.8 Å². The Kier molecular flexibility index (Phi) is 5.22. The average molecular weight is 228 g/mol. The quantitative estimate of drug-likeness (QED) is 0.640. The molecule has 0 saturated heterocycles. The van der Waals surface area contributed by atoms with Crippen LogP contribution in [0, 0.1) is 5.41 Å². The summed E-state index contributed by atoms with van der Waals surface area (Å²) in [4.78, 5) is 13.5. The predicted molar refractivity (Wildman–Crippen MR) is 64.2 cm³/mol. The molecule has 1 aliphatic carbocycles. The standard InChI is InChI=1S/C12H24N2O2/c1-3-14(4-2)11(16)9-13-10-12(5-6-12)7-8-15/h13,15H,3-10H2,1-2H3. The van der Waals surface area contributed by atoms with E-state index in [2.05, 4.69) is 5.32 Å². The summed E-state index contributed by atoms with van der Waals surface area (Å²) in [5.74, 6) is 0.171. The molecule has 16 heavy (non-hydrogen) atoms. The van der Waals surface area contributed by atoms with Gasteiger partial charge in [-0.25, -0.2) is 0 Å². The van der Waals surface area contributed by atoms with Crippen LogP contribution in [-0.4, -0.2) is 48.7 Å². The molecule has 0 aliphatic heterocycles. The van der Waals surface area contributed by atoms with E-state index in [9.17, 15) is 4.79 Å². The van der Waals surface area contributed by atoms with Gasteiger partial charge < -0.3 is 15.3 Å². The van der Waals surface area contributed by atoms with Gasteiger partial charge in [0.25, 0.3) is 0 Å².